The molecule has 3 heterocycles. The zero-order valence-corrected chi connectivity index (χ0v) is 10.4. The van der Waals surface area contributed by atoms with Gasteiger partial charge in [-0.15, -0.1) is 11.3 Å². The van der Waals surface area contributed by atoms with Crippen molar-refractivity contribution in [1.82, 2.24) is 10.3 Å². The van der Waals surface area contributed by atoms with E-state index in [2.05, 4.69) is 22.5 Å². The van der Waals surface area contributed by atoms with Crippen LogP contribution in [0.1, 0.15) is 47.7 Å². The van der Waals surface area contributed by atoms with Crippen molar-refractivity contribution in [1.29, 1.82) is 0 Å². The van der Waals surface area contributed by atoms with Crippen molar-refractivity contribution < 1.29 is 0 Å². The molecule has 0 aliphatic carbocycles. The lowest BCUT2D eigenvalue weighted by Crippen LogP contribution is -2.13. The highest BCUT2D eigenvalue weighted by atomic mass is 32.2. The lowest BCUT2D eigenvalue weighted by atomic mass is 10.2. The van der Waals surface area contributed by atoms with Crippen LogP contribution in [0.3, 0.4) is 0 Å². The minimum absolute atomic E-state index is 0.543. The Kier molecular flexibility index (Phi) is 2.99. The fraction of sp³-hybridized carbons (Fsp3) is 0.727. The van der Waals surface area contributed by atoms with E-state index in [1.54, 1.807) is 0 Å². The van der Waals surface area contributed by atoms with Crippen LogP contribution in [-0.4, -0.2) is 17.3 Å². The van der Waals surface area contributed by atoms with Crippen LogP contribution in [0.4, 0.5) is 0 Å². The van der Waals surface area contributed by atoms with Crippen molar-refractivity contribution in [3.05, 3.63) is 16.1 Å². The van der Waals surface area contributed by atoms with E-state index in [-0.39, 0.29) is 0 Å². The summed E-state index contributed by atoms with van der Waals surface area (Å²) in [4.78, 5) is 4.81. The predicted octanol–water partition coefficient (Wildman–Crippen LogP) is 3.14. The van der Waals surface area contributed by atoms with Crippen LogP contribution < -0.4 is 5.32 Å². The molecule has 0 bridgehead atoms. The number of hydrogen-bond donors (Lipinski definition) is 1. The first-order chi connectivity index (χ1) is 7.43. The van der Waals surface area contributed by atoms with Crippen LogP contribution in [0.15, 0.2) is 5.38 Å². The van der Waals surface area contributed by atoms with Gasteiger partial charge in [0.15, 0.2) is 0 Å². The molecular weight excluding hydrogens is 224 g/mol. The molecule has 15 heavy (non-hydrogen) atoms. The predicted molar refractivity (Wildman–Crippen MR) is 66.5 cm³/mol. The summed E-state index contributed by atoms with van der Waals surface area (Å²) in [5.41, 5.74) is 1.29. The maximum atomic E-state index is 4.81. The fourth-order valence-corrected chi connectivity index (χ4v) is 4.72. The summed E-state index contributed by atoms with van der Waals surface area (Å²) in [7, 11) is 0. The topological polar surface area (TPSA) is 24.9 Å². The van der Waals surface area contributed by atoms with Gasteiger partial charge in [-0.25, -0.2) is 4.98 Å². The van der Waals surface area contributed by atoms with Gasteiger partial charge >= 0.3 is 0 Å². The van der Waals surface area contributed by atoms with Crippen LogP contribution in [-0.2, 0) is 0 Å². The van der Waals surface area contributed by atoms with E-state index in [1.807, 2.05) is 11.3 Å². The number of nitrogens with zero attached hydrogens (tertiary/aromatic N) is 1. The van der Waals surface area contributed by atoms with Gasteiger partial charge in [-0.2, -0.15) is 11.8 Å². The number of hydrogen-bond acceptors (Lipinski definition) is 4. The summed E-state index contributed by atoms with van der Waals surface area (Å²) in [6.07, 6.45) is 5.26. The average molecular weight is 240 g/mol. The maximum Gasteiger partial charge on any atom is 0.106 e. The summed E-state index contributed by atoms with van der Waals surface area (Å²) in [6.45, 7) is 1.16. The molecule has 1 aromatic rings. The lowest BCUT2D eigenvalue weighted by Gasteiger charge is -2.06. The molecule has 2 aliphatic rings. The molecule has 1 N–H and O–H groups in total. The molecule has 0 spiro atoms. The maximum absolute atomic E-state index is 4.81. The van der Waals surface area contributed by atoms with Crippen LogP contribution in [0.5, 0.6) is 0 Å². The Morgan fingerprint density at radius 2 is 2.33 bits per heavy atom. The number of nitrogens with one attached hydrogen (secondary N) is 1. The summed E-state index contributed by atoms with van der Waals surface area (Å²) in [6, 6.07) is 0.543. The van der Waals surface area contributed by atoms with Gasteiger partial charge < -0.3 is 5.32 Å². The van der Waals surface area contributed by atoms with Crippen molar-refractivity contribution in [2.24, 2.45) is 0 Å². The summed E-state index contributed by atoms with van der Waals surface area (Å²) in [5, 5.41) is 7.84. The summed E-state index contributed by atoms with van der Waals surface area (Å²) < 4.78 is 0. The molecule has 2 aliphatic heterocycles. The second-order valence-electron chi connectivity index (χ2n) is 4.26. The minimum Gasteiger partial charge on any atom is -0.309 e. The quantitative estimate of drug-likeness (QED) is 0.859. The van der Waals surface area contributed by atoms with E-state index in [0.29, 0.717) is 11.3 Å². The molecule has 82 valence electrons. The first-order valence-electron chi connectivity index (χ1n) is 5.74. The van der Waals surface area contributed by atoms with E-state index in [0.717, 1.165) is 6.54 Å². The smallest absolute Gasteiger partial charge is 0.106 e. The number of thioether (sulfide) groups is 1. The third-order valence-corrected chi connectivity index (χ3v) is 5.67. The van der Waals surface area contributed by atoms with Gasteiger partial charge in [-0.05, 0) is 38.0 Å². The van der Waals surface area contributed by atoms with Gasteiger partial charge in [0.2, 0.25) is 0 Å². The SMILES string of the molecule is c1sc(C2CCCS2)nc1[C@H]1CCCN1. The Hall–Kier alpha value is -0.0600. The monoisotopic (exact) mass is 240 g/mol. The zero-order valence-electron chi connectivity index (χ0n) is 8.74. The Morgan fingerprint density at radius 1 is 1.33 bits per heavy atom. The van der Waals surface area contributed by atoms with Crippen molar-refractivity contribution in [3.8, 4) is 0 Å². The molecule has 2 saturated heterocycles. The van der Waals surface area contributed by atoms with Crippen LogP contribution in [0.2, 0.25) is 0 Å². The molecule has 2 nitrogen and oxygen atoms in total. The Balaban J connectivity index is 1.74. The Morgan fingerprint density at radius 3 is 3.07 bits per heavy atom. The minimum atomic E-state index is 0.543. The molecule has 0 radical (unpaired) electrons. The Bertz CT molecular complexity index is 295. The first kappa shape index (κ1) is 10.1. The van der Waals surface area contributed by atoms with Gasteiger partial charge in [0.1, 0.15) is 5.01 Å². The van der Waals surface area contributed by atoms with E-state index in [1.165, 1.54) is 42.1 Å². The fourth-order valence-electron chi connectivity index (χ4n) is 2.32. The highest BCUT2D eigenvalue weighted by Gasteiger charge is 2.24. The van der Waals surface area contributed by atoms with E-state index in [4.69, 9.17) is 4.98 Å². The van der Waals surface area contributed by atoms with Gasteiger partial charge in [0.05, 0.1) is 17.0 Å². The highest BCUT2D eigenvalue weighted by Crippen LogP contribution is 2.41. The Labute approximate surface area is 98.9 Å². The zero-order chi connectivity index (χ0) is 10.1. The van der Waals surface area contributed by atoms with E-state index in [9.17, 15) is 0 Å². The molecule has 1 aromatic heterocycles. The van der Waals surface area contributed by atoms with E-state index >= 15 is 0 Å². The average Bonchev–Trinajstić information content (AvgIpc) is 3.02. The molecule has 0 amide bonds. The molecule has 4 heteroatoms. The largest absolute Gasteiger partial charge is 0.309 e. The molecule has 2 atom stereocenters. The van der Waals surface area contributed by atoms with Gasteiger partial charge in [0.25, 0.3) is 0 Å². The second kappa shape index (κ2) is 4.44. The van der Waals surface area contributed by atoms with Crippen molar-refractivity contribution >= 4 is 23.1 Å². The van der Waals surface area contributed by atoms with Crippen molar-refractivity contribution in [2.45, 2.75) is 37.0 Å². The van der Waals surface area contributed by atoms with Crippen LogP contribution >= 0.6 is 23.1 Å². The number of rotatable bonds is 2. The first-order valence-corrected chi connectivity index (χ1v) is 7.66. The van der Waals surface area contributed by atoms with E-state index < -0.39 is 0 Å². The lowest BCUT2D eigenvalue weighted by molar-refractivity contribution is 0.628. The molecule has 0 aromatic carbocycles. The van der Waals surface area contributed by atoms with Gasteiger partial charge in [-0.3, -0.25) is 0 Å². The summed E-state index contributed by atoms with van der Waals surface area (Å²) >= 11 is 3.94. The van der Waals surface area contributed by atoms with Crippen LogP contribution in [0, 0.1) is 0 Å². The molecular formula is C11H16N2S2. The third-order valence-electron chi connectivity index (χ3n) is 3.16. The molecule has 0 saturated carbocycles. The standard InChI is InChI=1S/C11H16N2S2/c1-3-8(12-5-1)9-7-15-11(13-9)10-4-2-6-14-10/h7-8,10,12H,1-6H2/t8-,10?/m1/s1. The normalized spacial score (nSPS) is 31.2. The third kappa shape index (κ3) is 2.08. The van der Waals surface area contributed by atoms with Crippen LogP contribution in [0.25, 0.3) is 0 Å². The van der Waals surface area contributed by atoms with Gasteiger partial charge in [-0.1, -0.05) is 0 Å². The highest BCUT2D eigenvalue weighted by molar-refractivity contribution is 7.99. The van der Waals surface area contributed by atoms with Crippen molar-refractivity contribution in [3.63, 3.8) is 0 Å². The van der Waals surface area contributed by atoms with Crippen molar-refractivity contribution in [2.75, 3.05) is 12.3 Å². The number of aromatic nitrogens is 1. The number of thiazole rings is 1. The van der Waals surface area contributed by atoms with Gasteiger partial charge in [0, 0.05) is 5.38 Å². The molecule has 3 rings (SSSR count). The summed E-state index contributed by atoms with van der Waals surface area (Å²) in [5.74, 6) is 1.32. The molecule has 2 fully saturated rings. The molecule has 1 unspecified atom stereocenters. The second-order valence-corrected chi connectivity index (χ2v) is 6.46.